The third kappa shape index (κ3) is 3.69. The number of ketones is 1. The van der Waals surface area contributed by atoms with Gasteiger partial charge in [0.15, 0.2) is 5.78 Å². The number of amides is 1. The Balaban J connectivity index is 1.81. The van der Waals surface area contributed by atoms with Gasteiger partial charge in [-0.15, -0.1) is 0 Å². The lowest BCUT2D eigenvalue weighted by Gasteiger charge is -2.14. The topological polar surface area (TPSA) is 37.4 Å². The van der Waals surface area contributed by atoms with Crippen molar-refractivity contribution in [3.8, 4) is 0 Å². The first-order valence-corrected chi connectivity index (χ1v) is 7.46. The highest BCUT2D eigenvalue weighted by molar-refractivity contribution is 5.97. The molecule has 0 aromatic heterocycles. The molecular weight excluding hydrogens is 250 g/mol. The van der Waals surface area contributed by atoms with Crippen LogP contribution in [0.15, 0.2) is 18.2 Å². The Morgan fingerprint density at radius 2 is 1.80 bits per heavy atom. The molecular formula is C17H23NO2. The van der Waals surface area contributed by atoms with Gasteiger partial charge in [-0.25, -0.2) is 0 Å². The number of hydrogen-bond donors (Lipinski definition) is 0. The van der Waals surface area contributed by atoms with Gasteiger partial charge >= 0.3 is 0 Å². The van der Waals surface area contributed by atoms with Crippen LogP contribution >= 0.6 is 0 Å². The van der Waals surface area contributed by atoms with Crippen LogP contribution in [0, 0.1) is 13.8 Å². The van der Waals surface area contributed by atoms with Gasteiger partial charge in [-0.3, -0.25) is 9.59 Å². The Hall–Kier alpha value is -1.64. The van der Waals surface area contributed by atoms with Gasteiger partial charge in [-0.1, -0.05) is 23.8 Å². The minimum Gasteiger partial charge on any atom is -0.343 e. The molecule has 2 rings (SSSR count). The second kappa shape index (κ2) is 6.69. The van der Waals surface area contributed by atoms with E-state index in [4.69, 9.17) is 0 Å². The molecule has 0 bridgehead atoms. The maximum absolute atomic E-state index is 12.2. The fourth-order valence-electron chi connectivity index (χ4n) is 2.79. The van der Waals surface area contributed by atoms with Crippen molar-refractivity contribution in [1.82, 2.24) is 4.90 Å². The first-order chi connectivity index (χ1) is 9.58. The Labute approximate surface area is 121 Å². The Bertz CT molecular complexity index is 502. The number of hydrogen-bond acceptors (Lipinski definition) is 2. The van der Waals surface area contributed by atoms with Gasteiger partial charge in [0.25, 0.3) is 0 Å². The van der Waals surface area contributed by atoms with Crippen molar-refractivity contribution in [3.05, 3.63) is 34.9 Å². The minimum atomic E-state index is 0.150. The zero-order valence-corrected chi connectivity index (χ0v) is 12.4. The molecule has 1 fully saturated rings. The minimum absolute atomic E-state index is 0.150. The standard InChI is InChI=1S/C17H23NO2/c1-13-8-9-15(14(2)12-13)16(19)6-5-7-17(20)18-10-3-4-11-18/h8-9,12H,3-7,10-11H2,1-2H3. The normalized spacial score (nSPS) is 14.6. The summed E-state index contributed by atoms with van der Waals surface area (Å²) >= 11 is 0. The molecule has 1 aromatic rings. The molecule has 1 aliphatic rings. The average Bonchev–Trinajstić information content (AvgIpc) is 2.92. The Kier molecular flexibility index (Phi) is 4.94. The zero-order valence-electron chi connectivity index (χ0n) is 12.4. The lowest BCUT2D eigenvalue weighted by molar-refractivity contribution is -0.130. The number of aryl methyl sites for hydroxylation is 2. The van der Waals surface area contributed by atoms with Gasteiger partial charge in [0.1, 0.15) is 0 Å². The number of rotatable bonds is 5. The SMILES string of the molecule is Cc1ccc(C(=O)CCCC(=O)N2CCCC2)c(C)c1. The number of carbonyl (C=O) groups excluding carboxylic acids is 2. The highest BCUT2D eigenvalue weighted by Gasteiger charge is 2.18. The number of benzene rings is 1. The first-order valence-electron chi connectivity index (χ1n) is 7.46. The van der Waals surface area contributed by atoms with Crippen molar-refractivity contribution in [2.45, 2.75) is 46.0 Å². The van der Waals surface area contributed by atoms with Crippen molar-refractivity contribution < 1.29 is 9.59 Å². The van der Waals surface area contributed by atoms with Gasteiger partial charge in [-0.2, -0.15) is 0 Å². The van der Waals surface area contributed by atoms with Crippen molar-refractivity contribution >= 4 is 11.7 Å². The van der Waals surface area contributed by atoms with Crippen LogP contribution in [0.25, 0.3) is 0 Å². The van der Waals surface area contributed by atoms with E-state index in [0.29, 0.717) is 19.3 Å². The molecule has 20 heavy (non-hydrogen) atoms. The molecule has 0 radical (unpaired) electrons. The van der Waals surface area contributed by atoms with Crippen LogP contribution in [0.5, 0.6) is 0 Å². The summed E-state index contributed by atoms with van der Waals surface area (Å²) in [5, 5.41) is 0. The predicted octanol–water partition coefficient (Wildman–Crippen LogP) is 3.28. The summed E-state index contributed by atoms with van der Waals surface area (Å²) in [7, 11) is 0. The molecule has 0 saturated carbocycles. The van der Waals surface area contributed by atoms with E-state index < -0.39 is 0 Å². The van der Waals surface area contributed by atoms with E-state index >= 15 is 0 Å². The van der Waals surface area contributed by atoms with E-state index in [9.17, 15) is 9.59 Å². The van der Waals surface area contributed by atoms with Gasteiger partial charge in [-0.05, 0) is 38.7 Å². The van der Waals surface area contributed by atoms with Crippen molar-refractivity contribution in [3.63, 3.8) is 0 Å². The molecule has 108 valence electrons. The zero-order chi connectivity index (χ0) is 14.5. The summed E-state index contributed by atoms with van der Waals surface area (Å²) in [6, 6.07) is 5.90. The molecule has 1 saturated heterocycles. The summed E-state index contributed by atoms with van der Waals surface area (Å²) < 4.78 is 0. The van der Waals surface area contributed by atoms with Crippen LogP contribution in [0.3, 0.4) is 0 Å². The molecule has 1 amide bonds. The van der Waals surface area contributed by atoms with Crippen molar-refractivity contribution in [2.75, 3.05) is 13.1 Å². The van der Waals surface area contributed by atoms with Gasteiger partial charge in [0, 0.05) is 31.5 Å². The van der Waals surface area contributed by atoms with Gasteiger partial charge in [0.05, 0.1) is 0 Å². The summed E-state index contributed by atoms with van der Waals surface area (Å²) in [5.41, 5.74) is 2.99. The number of likely N-dealkylation sites (tertiary alicyclic amines) is 1. The summed E-state index contributed by atoms with van der Waals surface area (Å²) in [5.74, 6) is 0.354. The Morgan fingerprint density at radius 1 is 1.10 bits per heavy atom. The summed E-state index contributed by atoms with van der Waals surface area (Å²) in [6.07, 6.45) is 3.85. The van der Waals surface area contributed by atoms with E-state index in [1.807, 2.05) is 36.9 Å². The van der Waals surface area contributed by atoms with E-state index in [1.165, 1.54) is 5.56 Å². The average molecular weight is 273 g/mol. The molecule has 3 heteroatoms. The second-order valence-electron chi connectivity index (χ2n) is 5.68. The Morgan fingerprint density at radius 3 is 2.45 bits per heavy atom. The third-order valence-electron chi connectivity index (χ3n) is 3.94. The van der Waals surface area contributed by atoms with Crippen LogP contribution < -0.4 is 0 Å². The van der Waals surface area contributed by atoms with Crippen LogP contribution in [-0.4, -0.2) is 29.7 Å². The fraction of sp³-hybridized carbons (Fsp3) is 0.529. The van der Waals surface area contributed by atoms with Crippen LogP contribution in [0.1, 0.15) is 53.6 Å². The third-order valence-corrected chi connectivity index (χ3v) is 3.94. The lowest BCUT2D eigenvalue weighted by Crippen LogP contribution is -2.27. The first kappa shape index (κ1) is 14.8. The maximum atomic E-state index is 12.2. The molecule has 3 nitrogen and oxygen atoms in total. The molecule has 0 atom stereocenters. The largest absolute Gasteiger partial charge is 0.343 e. The van der Waals surface area contributed by atoms with Crippen molar-refractivity contribution in [1.29, 1.82) is 0 Å². The predicted molar refractivity (Wildman–Crippen MR) is 79.9 cm³/mol. The summed E-state index contributed by atoms with van der Waals surface area (Å²) in [6.45, 7) is 5.78. The molecule has 1 aromatic carbocycles. The van der Waals surface area contributed by atoms with Crippen LogP contribution in [0.4, 0.5) is 0 Å². The molecule has 0 unspecified atom stereocenters. The van der Waals surface area contributed by atoms with Gasteiger partial charge in [0.2, 0.25) is 5.91 Å². The van der Waals surface area contributed by atoms with Crippen LogP contribution in [-0.2, 0) is 4.79 Å². The molecule has 0 N–H and O–H groups in total. The van der Waals surface area contributed by atoms with Crippen LogP contribution in [0.2, 0.25) is 0 Å². The second-order valence-corrected chi connectivity index (χ2v) is 5.68. The molecule has 1 heterocycles. The van der Waals surface area contributed by atoms with E-state index in [-0.39, 0.29) is 11.7 Å². The molecule has 0 aliphatic carbocycles. The molecule has 0 spiro atoms. The lowest BCUT2D eigenvalue weighted by atomic mass is 9.99. The smallest absolute Gasteiger partial charge is 0.222 e. The quantitative estimate of drug-likeness (QED) is 0.772. The van der Waals surface area contributed by atoms with E-state index in [2.05, 4.69) is 0 Å². The maximum Gasteiger partial charge on any atom is 0.222 e. The number of nitrogens with zero attached hydrogens (tertiary/aromatic N) is 1. The fourth-order valence-corrected chi connectivity index (χ4v) is 2.79. The number of Topliss-reactive ketones (excluding diaryl/α,β-unsaturated/α-hetero) is 1. The number of carbonyl (C=O) groups is 2. The highest BCUT2D eigenvalue weighted by Crippen LogP contribution is 2.15. The summed E-state index contributed by atoms with van der Waals surface area (Å²) in [4.78, 5) is 26.0. The molecule has 1 aliphatic heterocycles. The highest BCUT2D eigenvalue weighted by atomic mass is 16.2. The van der Waals surface area contributed by atoms with E-state index in [0.717, 1.165) is 37.1 Å². The van der Waals surface area contributed by atoms with Crippen molar-refractivity contribution in [2.24, 2.45) is 0 Å². The van der Waals surface area contributed by atoms with E-state index in [1.54, 1.807) is 0 Å². The monoisotopic (exact) mass is 273 g/mol. The van der Waals surface area contributed by atoms with Gasteiger partial charge < -0.3 is 4.90 Å².